The second kappa shape index (κ2) is 9.02. The highest BCUT2D eigenvalue weighted by molar-refractivity contribution is 5.80. The van der Waals surface area contributed by atoms with Crippen molar-refractivity contribution >= 4 is 11.8 Å². The molecule has 5 nitrogen and oxygen atoms in total. The van der Waals surface area contributed by atoms with Crippen LogP contribution in [0.2, 0.25) is 0 Å². The molecule has 0 aromatic heterocycles. The first-order valence-electron chi connectivity index (χ1n) is 10.4. The lowest BCUT2D eigenvalue weighted by Gasteiger charge is -2.38. The van der Waals surface area contributed by atoms with Gasteiger partial charge in [-0.1, -0.05) is 32.1 Å². The summed E-state index contributed by atoms with van der Waals surface area (Å²) in [6, 6.07) is 0.436. The topological polar surface area (TPSA) is 52.7 Å². The van der Waals surface area contributed by atoms with E-state index in [4.69, 9.17) is 0 Å². The molecule has 3 rings (SSSR count). The van der Waals surface area contributed by atoms with Gasteiger partial charge in [0.25, 0.3) is 0 Å². The van der Waals surface area contributed by atoms with Crippen molar-refractivity contribution in [1.29, 1.82) is 0 Å². The number of rotatable bonds is 4. The van der Waals surface area contributed by atoms with Crippen molar-refractivity contribution in [1.82, 2.24) is 15.1 Å². The van der Waals surface area contributed by atoms with Crippen molar-refractivity contribution in [3.63, 3.8) is 0 Å². The Kier molecular flexibility index (Phi) is 6.74. The Labute approximate surface area is 152 Å². The number of nitrogens with one attached hydrogen (secondary N) is 1. The highest BCUT2D eigenvalue weighted by Crippen LogP contribution is 2.27. The van der Waals surface area contributed by atoms with Crippen molar-refractivity contribution in [3.05, 3.63) is 0 Å². The van der Waals surface area contributed by atoms with E-state index < -0.39 is 0 Å². The first kappa shape index (κ1) is 18.7. The van der Waals surface area contributed by atoms with Crippen molar-refractivity contribution < 1.29 is 9.59 Å². The zero-order valence-corrected chi connectivity index (χ0v) is 15.8. The van der Waals surface area contributed by atoms with E-state index in [2.05, 4.69) is 12.2 Å². The Morgan fingerprint density at radius 1 is 0.960 bits per heavy atom. The van der Waals surface area contributed by atoms with Crippen molar-refractivity contribution in [2.24, 2.45) is 11.8 Å². The number of hydrogen-bond acceptors (Lipinski definition) is 3. The predicted octanol–water partition coefficient (Wildman–Crippen LogP) is 2.41. The van der Waals surface area contributed by atoms with Crippen LogP contribution in [0.25, 0.3) is 0 Å². The Morgan fingerprint density at radius 3 is 2.32 bits per heavy atom. The summed E-state index contributed by atoms with van der Waals surface area (Å²) in [7, 11) is 0. The lowest BCUT2D eigenvalue weighted by atomic mass is 9.86. The molecule has 0 aromatic rings. The third-order valence-corrected chi connectivity index (χ3v) is 6.41. The molecule has 1 saturated carbocycles. The molecule has 142 valence electrons. The summed E-state index contributed by atoms with van der Waals surface area (Å²) in [4.78, 5) is 29.2. The Bertz CT molecular complexity index is 454. The van der Waals surface area contributed by atoms with Gasteiger partial charge in [0.2, 0.25) is 11.8 Å². The zero-order chi connectivity index (χ0) is 17.6. The predicted molar refractivity (Wildman–Crippen MR) is 99.2 cm³/mol. The molecule has 5 heteroatoms. The van der Waals surface area contributed by atoms with Gasteiger partial charge in [0, 0.05) is 44.6 Å². The summed E-state index contributed by atoms with van der Waals surface area (Å²) in [6.45, 7) is 5.96. The van der Waals surface area contributed by atoms with Crippen LogP contribution in [0.3, 0.4) is 0 Å². The third kappa shape index (κ3) is 5.19. The second-order valence-electron chi connectivity index (χ2n) is 8.33. The van der Waals surface area contributed by atoms with E-state index in [-0.39, 0.29) is 5.92 Å². The lowest BCUT2D eigenvalue weighted by Crippen LogP contribution is -2.53. The van der Waals surface area contributed by atoms with E-state index in [0.29, 0.717) is 37.4 Å². The molecule has 2 saturated heterocycles. The maximum absolute atomic E-state index is 12.7. The van der Waals surface area contributed by atoms with Crippen LogP contribution >= 0.6 is 0 Å². The van der Waals surface area contributed by atoms with Crippen LogP contribution in [0.1, 0.15) is 64.7 Å². The van der Waals surface area contributed by atoms with Crippen molar-refractivity contribution in [2.75, 3.05) is 32.7 Å². The number of nitrogens with zero attached hydrogens (tertiary/aromatic N) is 2. The molecular weight excluding hydrogens is 314 g/mol. The van der Waals surface area contributed by atoms with E-state index in [1.54, 1.807) is 0 Å². The minimum atomic E-state index is 0.171. The number of hydrogen-bond donors (Lipinski definition) is 1. The van der Waals surface area contributed by atoms with Gasteiger partial charge in [-0.25, -0.2) is 0 Å². The monoisotopic (exact) mass is 349 g/mol. The van der Waals surface area contributed by atoms with E-state index in [1.165, 1.54) is 32.1 Å². The van der Waals surface area contributed by atoms with Crippen LogP contribution in [-0.2, 0) is 9.59 Å². The molecule has 1 N–H and O–H groups in total. The SMILES string of the molecule is C[C@H]1C[C@@H](C(=O)N2CCN(C(=O)CCC3CCCCC3)CC2)CCN1. The number of piperazine rings is 1. The molecule has 0 radical (unpaired) electrons. The number of amides is 2. The lowest BCUT2D eigenvalue weighted by molar-refractivity contribution is -0.143. The van der Waals surface area contributed by atoms with Gasteiger partial charge in [0.05, 0.1) is 0 Å². The minimum Gasteiger partial charge on any atom is -0.339 e. The van der Waals surface area contributed by atoms with Crippen LogP contribution in [0.4, 0.5) is 0 Å². The van der Waals surface area contributed by atoms with Crippen molar-refractivity contribution in [3.8, 4) is 0 Å². The van der Waals surface area contributed by atoms with Crippen molar-refractivity contribution in [2.45, 2.75) is 70.8 Å². The molecule has 0 aromatic carbocycles. The molecule has 25 heavy (non-hydrogen) atoms. The van der Waals surface area contributed by atoms with E-state index in [9.17, 15) is 9.59 Å². The molecular formula is C20H35N3O2. The third-order valence-electron chi connectivity index (χ3n) is 6.41. The standard InChI is InChI=1S/C20H35N3O2/c1-16-15-18(9-10-21-16)20(25)23-13-11-22(12-14-23)19(24)8-7-17-5-3-2-4-6-17/h16-18,21H,2-15H2,1H3/t16-,18-/m0/s1. The van der Waals surface area contributed by atoms with Gasteiger partial charge in [0.1, 0.15) is 0 Å². The van der Waals surface area contributed by atoms with Gasteiger partial charge in [-0.3, -0.25) is 9.59 Å². The average Bonchev–Trinajstić information content (AvgIpc) is 2.66. The molecule has 3 aliphatic rings. The summed E-state index contributed by atoms with van der Waals surface area (Å²) >= 11 is 0. The van der Waals surface area contributed by atoms with E-state index in [0.717, 1.165) is 44.8 Å². The summed E-state index contributed by atoms with van der Waals surface area (Å²) in [5.74, 6) is 1.54. The fourth-order valence-electron chi connectivity index (χ4n) is 4.75. The molecule has 2 aliphatic heterocycles. The molecule has 2 amide bonds. The second-order valence-corrected chi connectivity index (χ2v) is 8.33. The maximum atomic E-state index is 12.7. The first-order valence-corrected chi connectivity index (χ1v) is 10.4. The molecule has 0 unspecified atom stereocenters. The summed E-state index contributed by atoms with van der Waals surface area (Å²) < 4.78 is 0. The van der Waals surface area contributed by atoms with E-state index in [1.807, 2.05) is 9.80 Å². The van der Waals surface area contributed by atoms with Crippen LogP contribution < -0.4 is 5.32 Å². The largest absolute Gasteiger partial charge is 0.339 e. The molecule has 2 heterocycles. The van der Waals surface area contributed by atoms with E-state index >= 15 is 0 Å². The number of carbonyl (C=O) groups is 2. The number of piperidine rings is 1. The average molecular weight is 350 g/mol. The summed E-state index contributed by atoms with van der Waals surface area (Å²) in [5, 5.41) is 3.41. The quantitative estimate of drug-likeness (QED) is 0.848. The van der Waals surface area contributed by atoms with Gasteiger partial charge in [0.15, 0.2) is 0 Å². The Hall–Kier alpha value is -1.10. The first-order chi connectivity index (χ1) is 12.1. The summed E-state index contributed by atoms with van der Waals surface area (Å²) in [5.41, 5.74) is 0. The van der Waals surface area contributed by atoms with Crippen LogP contribution in [0, 0.1) is 11.8 Å². The van der Waals surface area contributed by atoms with Gasteiger partial charge >= 0.3 is 0 Å². The number of carbonyl (C=O) groups excluding carboxylic acids is 2. The van der Waals surface area contributed by atoms with Gasteiger partial charge in [-0.2, -0.15) is 0 Å². The van der Waals surface area contributed by atoms with Crippen LogP contribution in [-0.4, -0.2) is 60.4 Å². The normalized spacial score (nSPS) is 28.8. The van der Waals surface area contributed by atoms with Gasteiger partial charge in [-0.05, 0) is 38.6 Å². The Morgan fingerprint density at radius 2 is 1.64 bits per heavy atom. The molecule has 1 aliphatic carbocycles. The maximum Gasteiger partial charge on any atom is 0.225 e. The minimum absolute atomic E-state index is 0.171. The highest BCUT2D eigenvalue weighted by atomic mass is 16.2. The fourth-order valence-corrected chi connectivity index (χ4v) is 4.75. The zero-order valence-electron chi connectivity index (χ0n) is 15.8. The summed E-state index contributed by atoms with van der Waals surface area (Å²) in [6.07, 6.45) is 10.3. The van der Waals surface area contributed by atoms with Crippen LogP contribution in [0.15, 0.2) is 0 Å². The van der Waals surface area contributed by atoms with Crippen LogP contribution in [0.5, 0.6) is 0 Å². The molecule has 0 bridgehead atoms. The Balaban J connectivity index is 1.38. The molecule has 3 fully saturated rings. The molecule has 0 spiro atoms. The smallest absolute Gasteiger partial charge is 0.225 e. The van der Waals surface area contributed by atoms with Gasteiger partial charge < -0.3 is 15.1 Å². The molecule has 2 atom stereocenters. The highest BCUT2D eigenvalue weighted by Gasteiger charge is 2.31. The van der Waals surface area contributed by atoms with Gasteiger partial charge in [-0.15, -0.1) is 0 Å². The fraction of sp³-hybridized carbons (Fsp3) is 0.900.